The van der Waals surface area contributed by atoms with Crippen LogP contribution in [0.2, 0.25) is 0 Å². The fraction of sp³-hybridized carbons (Fsp3) is 0.560. The number of allylic oxidation sites excluding steroid dienone is 1. The van der Waals surface area contributed by atoms with Crippen LogP contribution in [-0.4, -0.2) is 81.9 Å². The predicted octanol–water partition coefficient (Wildman–Crippen LogP) is 3.12. The number of esters is 2. The number of rotatable bonds is 11. The van der Waals surface area contributed by atoms with Crippen molar-refractivity contribution in [1.29, 1.82) is 0 Å². The van der Waals surface area contributed by atoms with Gasteiger partial charge in [-0.25, -0.2) is 4.79 Å². The molecule has 0 radical (unpaired) electrons. The molecule has 176 valence electrons. The highest BCUT2D eigenvalue weighted by atomic mass is 16.5. The Kier molecular flexibility index (Phi) is 10.1. The van der Waals surface area contributed by atoms with Gasteiger partial charge in [-0.15, -0.1) is 0 Å². The molecule has 0 aromatic heterocycles. The third-order valence-corrected chi connectivity index (χ3v) is 5.44. The van der Waals surface area contributed by atoms with Crippen LogP contribution in [-0.2, 0) is 19.1 Å². The first kappa shape index (κ1) is 25.7. The zero-order valence-corrected chi connectivity index (χ0v) is 20.3. The highest BCUT2D eigenvalue weighted by Gasteiger charge is 2.42. The monoisotopic (exact) mass is 443 g/mol. The number of hydrogen-bond acceptors (Lipinski definition) is 7. The number of hydrogen-bond donors (Lipinski definition) is 0. The molecule has 0 spiro atoms. The molecule has 1 aliphatic rings. The summed E-state index contributed by atoms with van der Waals surface area (Å²) in [7, 11) is 7.92. The summed E-state index contributed by atoms with van der Waals surface area (Å²) in [5, 5.41) is 0. The summed E-state index contributed by atoms with van der Waals surface area (Å²) in [4.78, 5) is 34.9. The summed E-state index contributed by atoms with van der Waals surface area (Å²) < 4.78 is 11.2. The minimum atomic E-state index is -0.662. The van der Waals surface area contributed by atoms with Crippen molar-refractivity contribution in [3.05, 3.63) is 47.2 Å². The average Bonchev–Trinajstić information content (AvgIpc) is 2.73. The summed E-state index contributed by atoms with van der Waals surface area (Å²) in [6.45, 7) is 5.93. The lowest BCUT2D eigenvalue weighted by molar-refractivity contribution is -0.147. The van der Waals surface area contributed by atoms with Crippen LogP contribution in [0.3, 0.4) is 0 Å². The number of aliphatic imine (C=N–C) groups is 1. The topological polar surface area (TPSA) is 71.4 Å². The standard InChI is InChI=1S/C25H37N3O4/c1-18-21(24(29)31-16-10-14-27(3)4)23(20-12-8-7-9-13-20)22(19(2)26-18)25(30)32-17-11-15-28(5)6/h7-9,12-13,21,23H,10-11,14-17H2,1-6H3. The van der Waals surface area contributed by atoms with Crippen LogP contribution >= 0.6 is 0 Å². The Balaban J connectivity index is 2.27. The van der Waals surface area contributed by atoms with Gasteiger partial charge in [0.15, 0.2) is 0 Å². The van der Waals surface area contributed by atoms with Crippen LogP contribution in [0.4, 0.5) is 0 Å². The van der Waals surface area contributed by atoms with Gasteiger partial charge in [0, 0.05) is 30.4 Å². The molecule has 1 aromatic carbocycles. The fourth-order valence-electron chi connectivity index (χ4n) is 3.89. The van der Waals surface area contributed by atoms with Crippen molar-refractivity contribution in [3.8, 4) is 0 Å². The molecule has 7 nitrogen and oxygen atoms in total. The van der Waals surface area contributed by atoms with Gasteiger partial charge in [0.1, 0.15) is 5.92 Å². The second-order valence-corrected chi connectivity index (χ2v) is 8.74. The molecule has 2 atom stereocenters. The Morgan fingerprint density at radius 1 is 0.906 bits per heavy atom. The number of carbonyl (C=O) groups is 2. The van der Waals surface area contributed by atoms with E-state index in [9.17, 15) is 9.59 Å². The molecule has 0 aliphatic carbocycles. The highest BCUT2D eigenvalue weighted by Crippen LogP contribution is 2.40. The van der Waals surface area contributed by atoms with E-state index < -0.39 is 17.8 Å². The van der Waals surface area contributed by atoms with Gasteiger partial charge in [-0.1, -0.05) is 30.3 Å². The summed E-state index contributed by atoms with van der Waals surface area (Å²) in [6, 6.07) is 9.60. The Labute approximate surface area is 192 Å². The number of ether oxygens (including phenoxy) is 2. The largest absolute Gasteiger partial charge is 0.465 e. The van der Waals surface area contributed by atoms with E-state index in [1.807, 2.05) is 75.2 Å². The lowest BCUT2D eigenvalue weighted by Crippen LogP contribution is -2.37. The zero-order valence-electron chi connectivity index (χ0n) is 20.3. The van der Waals surface area contributed by atoms with E-state index >= 15 is 0 Å². The summed E-state index contributed by atoms with van der Waals surface area (Å²) in [6.07, 6.45) is 1.48. The van der Waals surface area contributed by atoms with Crippen molar-refractivity contribution in [2.24, 2.45) is 10.9 Å². The maximum absolute atomic E-state index is 13.2. The second-order valence-electron chi connectivity index (χ2n) is 8.74. The first-order valence-corrected chi connectivity index (χ1v) is 11.2. The van der Waals surface area contributed by atoms with Gasteiger partial charge in [0.05, 0.1) is 18.8 Å². The third-order valence-electron chi connectivity index (χ3n) is 5.44. The van der Waals surface area contributed by atoms with Gasteiger partial charge in [-0.05, 0) is 60.4 Å². The van der Waals surface area contributed by atoms with Crippen molar-refractivity contribution in [3.63, 3.8) is 0 Å². The first-order chi connectivity index (χ1) is 15.2. The smallest absolute Gasteiger partial charge is 0.336 e. The number of nitrogens with zero attached hydrogens (tertiary/aromatic N) is 3. The van der Waals surface area contributed by atoms with Crippen LogP contribution in [0.5, 0.6) is 0 Å². The molecule has 2 unspecified atom stereocenters. The predicted molar refractivity (Wildman–Crippen MR) is 127 cm³/mol. The lowest BCUT2D eigenvalue weighted by atomic mass is 9.75. The van der Waals surface area contributed by atoms with Gasteiger partial charge in [-0.2, -0.15) is 0 Å². The maximum atomic E-state index is 13.2. The fourth-order valence-corrected chi connectivity index (χ4v) is 3.89. The van der Waals surface area contributed by atoms with E-state index in [1.54, 1.807) is 6.92 Å². The van der Waals surface area contributed by atoms with Crippen LogP contribution in [0, 0.1) is 5.92 Å². The molecule has 0 saturated carbocycles. The van der Waals surface area contributed by atoms with Gasteiger partial charge in [-0.3, -0.25) is 9.79 Å². The molecule has 7 heteroatoms. The van der Waals surface area contributed by atoms with Crippen LogP contribution < -0.4 is 0 Å². The molecule has 1 heterocycles. The molecule has 0 fully saturated rings. The Morgan fingerprint density at radius 2 is 1.47 bits per heavy atom. The number of carbonyl (C=O) groups excluding carboxylic acids is 2. The molecule has 1 aliphatic heterocycles. The molecule has 2 rings (SSSR count). The normalized spacial score (nSPS) is 18.7. The molecule has 1 aromatic rings. The van der Waals surface area contributed by atoms with Crippen LogP contribution in [0.1, 0.15) is 38.2 Å². The van der Waals surface area contributed by atoms with Crippen LogP contribution in [0.15, 0.2) is 46.6 Å². The lowest BCUT2D eigenvalue weighted by Gasteiger charge is -2.31. The van der Waals surface area contributed by atoms with E-state index in [-0.39, 0.29) is 5.97 Å². The summed E-state index contributed by atoms with van der Waals surface area (Å²) in [5.41, 5.74) is 2.54. The van der Waals surface area contributed by atoms with Crippen molar-refractivity contribution in [1.82, 2.24) is 9.80 Å². The van der Waals surface area contributed by atoms with Crippen molar-refractivity contribution >= 4 is 17.7 Å². The van der Waals surface area contributed by atoms with E-state index in [0.717, 1.165) is 31.5 Å². The van der Waals surface area contributed by atoms with Gasteiger partial charge >= 0.3 is 11.9 Å². The van der Waals surface area contributed by atoms with Gasteiger partial charge < -0.3 is 19.3 Å². The molecule has 32 heavy (non-hydrogen) atoms. The number of benzene rings is 1. The highest BCUT2D eigenvalue weighted by molar-refractivity contribution is 6.07. The molecule has 0 amide bonds. The minimum Gasteiger partial charge on any atom is -0.465 e. The van der Waals surface area contributed by atoms with Crippen molar-refractivity contribution < 1.29 is 19.1 Å². The van der Waals surface area contributed by atoms with Gasteiger partial charge in [0.25, 0.3) is 0 Å². The second kappa shape index (κ2) is 12.5. The Morgan fingerprint density at radius 3 is 2.03 bits per heavy atom. The van der Waals surface area contributed by atoms with Crippen LogP contribution in [0.25, 0.3) is 0 Å². The SMILES string of the molecule is CC1=NC(C)=C(C(=O)OCCCN(C)C)C(c2ccccc2)C1C(=O)OCCCN(C)C. The molecular formula is C25H37N3O4. The van der Waals surface area contributed by atoms with E-state index in [2.05, 4.69) is 4.99 Å². The van der Waals surface area contributed by atoms with Crippen molar-refractivity contribution in [2.45, 2.75) is 32.6 Å². The Bertz CT molecular complexity index is 831. The quantitative estimate of drug-likeness (QED) is 0.387. The first-order valence-electron chi connectivity index (χ1n) is 11.2. The zero-order chi connectivity index (χ0) is 23.7. The third kappa shape index (κ3) is 7.28. The molecule has 0 saturated heterocycles. The maximum Gasteiger partial charge on any atom is 0.336 e. The Hall–Kier alpha value is -2.51. The molecule has 0 N–H and O–H groups in total. The average molecular weight is 444 g/mol. The van der Waals surface area contributed by atoms with E-state index in [4.69, 9.17) is 9.47 Å². The van der Waals surface area contributed by atoms with E-state index in [0.29, 0.717) is 30.2 Å². The minimum absolute atomic E-state index is 0.317. The van der Waals surface area contributed by atoms with Crippen molar-refractivity contribution in [2.75, 3.05) is 54.5 Å². The summed E-state index contributed by atoms with van der Waals surface area (Å²) in [5.74, 6) is -1.93. The molecule has 0 bridgehead atoms. The summed E-state index contributed by atoms with van der Waals surface area (Å²) >= 11 is 0. The molecular weight excluding hydrogens is 406 g/mol. The van der Waals surface area contributed by atoms with Gasteiger partial charge in [0.2, 0.25) is 0 Å². The van der Waals surface area contributed by atoms with E-state index in [1.165, 1.54) is 0 Å².